The van der Waals surface area contributed by atoms with Crippen molar-refractivity contribution in [1.29, 1.82) is 0 Å². The van der Waals surface area contributed by atoms with Crippen LogP contribution < -0.4 is 15.4 Å². The Morgan fingerprint density at radius 1 is 1.07 bits per heavy atom. The fourth-order valence-corrected chi connectivity index (χ4v) is 5.32. The Bertz CT molecular complexity index is 1470. The number of ether oxygens (including phenoxy) is 1. The first-order valence-electron chi connectivity index (χ1n) is 13.7. The normalized spacial score (nSPS) is 14.4. The van der Waals surface area contributed by atoms with E-state index in [4.69, 9.17) is 4.74 Å². The minimum atomic E-state index is -0.238. The van der Waals surface area contributed by atoms with Crippen molar-refractivity contribution in [3.63, 3.8) is 0 Å². The Morgan fingerprint density at radius 3 is 2.70 bits per heavy atom. The summed E-state index contributed by atoms with van der Waals surface area (Å²) in [5, 5.41) is 7.18. The Kier molecular flexibility index (Phi) is 9.42. The summed E-state index contributed by atoms with van der Waals surface area (Å²) in [6, 6.07) is 21.4. The van der Waals surface area contributed by atoms with Crippen LogP contribution in [0.3, 0.4) is 0 Å². The molecule has 0 unspecified atom stereocenters. The summed E-state index contributed by atoms with van der Waals surface area (Å²) in [7, 11) is 2.19. The number of halogens is 1. The molecule has 0 spiro atoms. The van der Waals surface area contributed by atoms with E-state index >= 15 is 0 Å². The highest BCUT2D eigenvalue weighted by Gasteiger charge is 2.17. The van der Waals surface area contributed by atoms with E-state index in [1.807, 2.05) is 66.7 Å². The highest BCUT2D eigenvalue weighted by Crippen LogP contribution is 2.34. The third-order valence-electron chi connectivity index (χ3n) is 7.16. The van der Waals surface area contributed by atoms with Crippen LogP contribution in [-0.4, -0.2) is 47.5 Å². The van der Waals surface area contributed by atoms with Crippen LogP contribution in [0.15, 0.2) is 83.6 Å². The van der Waals surface area contributed by atoms with Crippen LogP contribution >= 0.6 is 15.9 Å². The van der Waals surface area contributed by atoms with Crippen LogP contribution in [0.5, 0.6) is 5.75 Å². The van der Waals surface area contributed by atoms with Gasteiger partial charge in [-0.2, -0.15) is 0 Å². The molecule has 0 atom stereocenters. The summed E-state index contributed by atoms with van der Waals surface area (Å²) in [5.41, 5.74) is 3.16. The number of amides is 1. The van der Waals surface area contributed by atoms with E-state index in [9.17, 15) is 4.79 Å². The lowest BCUT2D eigenvalue weighted by Crippen LogP contribution is -2.30. The molecule has 2 N–H and O–H groups in total. The molecule has 7 nitrogen and oxygen atoms in total. The van der Waals surface area contributed by atoms with Gasteiger partial charge in [-0.15, -0.1) is 0 Å². The first-order valence-corrected chi connectivity index (χ1v) is 14.5. The van der Waals surface area contributed by atoms with Gasteiger partial charge in [0.05, 0.1) is 17.8 Å². The number of benzene rings is 3. The predicted molar refractivity (Wildman–Crippen MR) is 166 cm³/mol. The third kappa shape index (κ3) is 7.67. The van der Waals surface area contributed by atoms with Gasteiger partial charge in [0.1, 0.15) is 17.9 Å². The largest absolute Gasteiger partial charge is 0.491 e. The average molecular weight is 601 g/mol. The molecule has 1 aliphatic rings. The summed E-state index contributed by atoms with van der Waals surface area (Å²) < 4.78 is 7.22. The molecule has 1 aromatic heterocycles. The highest BCUT2D eigenvalue weighted by atomic mass is 79.9. The zero-order valence-corrected chi connectivity index (χ0v) is 24.2. The van der Waals surface area contributed by atoms with Crippen LogP contribution in [-0.2, 0) is 4.79 Å². The molecule has 0 saturated carbocycles. The van der Waals surface area contributed by atoms with E-state index in [0.717, 1.165) is 45.4 Å². The monoisotopic (exact) mass is 599 g/mol. The molecule has 8 heteroatoms. The molecule has 0 bridgehead atoms. The third-order valence-corrected chi connectivity index (χ3v) is 7.65. The molecule has 1 fully saturated rings. The number of nitrogens with zero attached hydrogens (tertiary/aromatic N) is 3. The standard InChI is InChI=1S/C32H34BrN5O2/c1-38-16-14-24(15-17-38)9-6-18-40-30-21-28-27(32(35-22-34-28)36-26-11-5-10-25(33)19-26)20-29(30)37-31(39)13-12-23-7-3-2-4-8-23/h2-5,7-8,10-13,19-22,24H,6,9,14-18H2,1H3,(H,37,39)(H,34,35,36)/b13-12+. The molecule has 1 aliphatic heterocycles. The molecular formula is C32H34BrN5O2. The second kappa shape index (κ2) is 13.5. The SMILES string of the molecule is CN1CCC(CCCOc2cc3ncnc(Nc4cccc(Br)c4)c3cc2NC(=O)/C=C/c2ccccc2)CC1. The van der Waals surface area contributed by atoms with Crippen LogP contribution in [0, 0.1) is 5.92 Å². The molecule has 3 aromatic carbocycles. The van der Waals surface area contributed by atoms with Gasteiger partial charge in [0.15, 0.2) is 0 Å². The van der Waals surface area contributed by atoms with Gasteiger partial charge in [-0.3, -0.25) is 4.79 Å². The van der Waals surface area contributed by atoms with E-state index in [2.05, 4.69) is 48.5 Å². The number of hydrogen-bond acceptors (Lipinski definition) is 6. The van der Waals surface area contributed by atoms with Gasteiger partial charge >= 0.3 is 0 Å². The molecular weight excluding hydrogens is 566 g/mol. The van der Waals surface area contributed by atoms with Gasteiger partial charge < -0.3 is 20.3 Å². The maximum absolute atomic E-state index is 12.9. The van der Waals surface area contributed by atoms with E-state index in [-0.39, 0.29) is 5.91 Å². The molecule has 0 radical (unpaired) electrons. The molecule has 2 heterocycles. The van der Waals surface area contributed by atoms with E-state index < -0.39 is 0 Å². The molecule has 1 saturated heterocycles. The first kappa shape index (κ1) is 27.8. The van der Waals surface area contributed by atoms with Crippen molar-refractivity contribution in [2.45, 2.75) is 25.7 Å². The average Bonchev–Trinajstić information content (AvgIpc) is 2.96. The Morgan fingerprint density at radius 2 is 1.90 bits per heavy atom. The molecule has 40 heavy (non-hydrogen) atoms. The van der Waals surface area contributed by atoms with Gasteiger partial charge in [0.2, 0.25) is 5.91 Å². The minimum Gasteiger partial charge on any atom is -0.491 e. The quantitative estimate of drug-likeness (QED) is 0.147. The van der Waals surface area contributed by atoms with Crippen LogP contribution in [0.2, 0.25) is 0 Å². The van der Waals surface area contributed by atoms with Crippen molar-refractivity contribution in [1.82, 2.24) is 14.9 Å². The van der Waals surface area contributed by atoms with E-state index in [0.29, 0.717) is 23.9 Å². The zero-order valence-electron chi connectivity index (χ0n) is 22.6. The van der Waals surface area contributed by atoms with Gasteiger partial charge in [-0.1, -0.05) is 52.3 Å². The lowest BCUT2D eigenvalue weighted by atomic mass is 9.93. The molecule has 1 amide bonds. The molecule has 5 rings (SSSR count). The number of carbonyl (C=O) groups excluding carboxylic acids is 1. The van der Waals surface area contributed by atoms with Crippen molar-refractivity contribution in [3.05, 3.63) is 89.2 Å². The Labute approximate surface area is 243 Å². The highest BCUT2D eigenvalue weighted by molar-refractivity contribution is 9.10. The lowest BCUT2D eigenvalue weighted by molar-refractivity contribution is -0.111. The van der Waals surface area contributed by atoms with Crippen LogP contribution in [0.1, 0.15) is 31.2 Å². The fourth-order valence-electron chi connectivity index (χ4n) is 4.92. The number of aromatic nitrogens is 2. The van der Waals surface area contributed by atoms with Crippen molar-refractivity contribution in [3.8, 4) is 5.75 Å². The maximum atomic E-state index is 12.9. The van der Waals surface area contributed by atoms with Crippen molar-refractivity contribution in [2.24, 2.45) is 5.92 Å². The second-order valence-electron chi connectivity index (χ2n) is 10.2. The smallest absolute Gasteiger partial charge is 0.248 e. The number of anilines is 3. The molecule has 4 aromatic rings. The summed E-state index contributed by atoms with van der Waals surface area (Å²) in [6.07, 6.45) is 9.46. The minimum absolute atomic E-state index is 0.238. The summed E-state index contributed by atoms with van der Waals surface area (Å²) in [5.74, 6) is 1.76. The molecule has 206 valence electrons. The Hall–Kier alpha value is -3.75. The summed E-state index contributed by atoms with van der Waals surface area (Å²) >= 11 is 3.52. The lowest BCUT2D eigenvalue weighted by Gasteiger charge is -2.28. The van der Waals surface area contributed by atoms with Crippen molar-refractivity contribution in [2.75, 3.05) is 37.4 Å². The fraction of sp³-hybridized carbons (Fsp3) is 0.281. The van der Waals surface area contributed by atoms with Gasteiger partial charge in [0, 0.05) is 27.7 Å². The number of carbonyl (C=O) groups is 1. The maximum Gasteiger partial charge on any atom is 0.248 e. The van der Waals surface area contributed by atoms with Gasteiger partial charge in [-0.25, -0.2) is 9.97 Å². The predicted octanol–water partition coefficient (Wildman–Crippen LogP) is 7.29. The Balaban J connectivity index is 1.36. The summed E-state index contributed by atoms with van der Waals surface area (Å²) in [4.78, 5) is 24.3. The number of nitrogens with one attached hydrogen (secondary N) is 2. The number of likely N-dealkylation sites (tertiary alicyclic amines) is 1. The number of hydrogen-bond donors (Lipinski definition) is 2. The van der Waals surface area contributed by atoms with E-state index in [1.54, 1.807) is 6.08 Å². The van der Waals surface area contributed by atoms with Crippen molar-refractivity contribution >= 4 is 56.0 Å². The van der Waals surface area contributed by atoms with Gasteiger partial charge in [0.25, 0.3) is 0 Å². The molecule has 0 aliphatic carbocycles. The van der Waals surface area contributed by atoms with Crippen LogP contribution in [0.25, 0.3) is 17.0 Å². The van der Waals surface area contributed by atoms with Crippen molar-refractivity contribution < 1.29 is 9.53 Å². The van der Waals surface area contributed by atoms with Gasteiger partial charge in [-0.05, 0) is 87.6 Å². The zero-order chi connectivity index (χ0) is 27.7. The number of fused-ring (bicyclic) bond motifs is 1. The second-order valence-corrected chi connectivity index (χ2v) is 11.1. The number of piperidine rings is 1. The number of rotatable bonds is 10. The summed E-state index contributed by atoms with van der Waals surface area (Å²) in [6.45, 7) is 2.91. The van der Waals surface area contributed by atoms with Crippen LogP contribution in [0.4, 0.5) is 17.2 Å². The van der Waals surface area contributed by atoms with E-state index in [1.165, 1.54) is 38.3 Å². The topological polar surface area (TPSA) is 79.4 Å². The first-order chi connectivity index (χ1) is 19.5.